The molecular weight excluding hydrogens is 222 g/mol. The SMILES string of the molecule is Clc1nccc2[nH]cc(C3CCCNC3)c12. The van der Waals surface area contributed by atoms with Gasteiger partial charge in [0.1, 0.15) is 5.15 Å². The van der Waals surface area contributed by atoms with E-state index in [4.69, 9.17) is 11.6 Å². The molecule has 0 aromatic carbocycles. The zero-order valence-corrected chi connectivity index (χ0v) is 9.72. The molecule has 3 rings (SSSR count). The van der Waals surface area contributed by atoms with Crippen molar-refractivity contribution in [3.63, 3.8) is 0 Å². The second-order valence-corrected chi connectivity index (χ2v) is 4.67. The van der Waals surface area contributed by atoms with Gasteiger partial charge in [0.2, 0.25) is 0 Å². The van der Waals surface area contributed by atoms with Crippen LogP contribution in [0, 0.1) is 0 Å². The first-order valence-corrected chi connectivity index (χ1v) is 6.06. The number of hydrogen-bond acceptors (Lipinski definition) is 2. The Morgan fingerprint density at radius 1 is 1.44 bits per heavy atom. The molecule has 1 saturated heterocycles. The van der Waals surface area contributed by atoms with Crippen molar-refractivity contribution in [2.45, 2.75) is 18.8 Å². The summed E-state index contributed by atoms with van der Waals surface area (Å²) in [4.78, 5) is 7.43. The van der Waals surface area contributed by atoms with Gasteiger partial charge in [0, 0.05) is 24.3 Å². The van der Waals surface area contributed by atoms with Crippen LogP contribution in [0.1, 0.15) is 24.3 Å². The van der Waals surface area contributed by atoms with E-state index in [1.165, 1.54) is 18.4 Å². The van der Waals surface area contributed by atoms with Crippen LogP contribution in [-0.2, 0) is 0 Å². The van der Waals surface area contributed by atoms with Crippen LogP contribution in [0.4, 0.5) is 0 Å². The molecule has 0 spiro atoms. The summed E-state index contributed by atoms with van der Waals surface area (Å²) < 4.78 is 0. The fraction of sp³-hybridized carbons (Fsp3) is 0.417. The van der Waals surface area contributed by atoms with Gasteiger partial charge in [0.25, 0.3) is 0 Å². The second-order valence-electron chi connectivity index (χ2n) is 4.31. The molecule has 1 atom stereocenters. The second kappa shape index (κ2) is 4.07. The highest BCUT2D eigenvalue weighted by atomic mass is 35.5. The summed E-state index contributed by atoms with van der Waals surface area (Å²) >= 11 is 6.17. The number of aromatic amines is 1. The van der Waals surface area contributed by atoms with Gasteiger partial charge >= 0.3 is 0 Å². The number of nitrogens with one attached hydrogen (secondary N) is 2. The average molecular weight is 236 g/mol. The Morgan fingerprint density at radius 2 is 2.38 bits per heavy atom. The molecule has 0 bridgehead atoms. The van der Waals surface area contributed by atoms with Crippen LogP contribution in [0.15, 0.2) is 18.5 Å². The first-order chi connectivity index (χ1) is 7.86. The van der Waals surface area contributed by atoms with E-state index < -0.39 is 0 Å². The molecule has 0 saturated carbocycles. The van der Waals surface area contributed by atoms with E-state index in [2.05, 4.69) is 21.5 Å². The smallest absolute Gasteiger partial charge is 0.138 e. The molecule has 0 aliphatic carbocycles. The van der Waals surface area contributed by atoms with E-state index in [-0.39, 0.29) is 0 Å². The van der Waals surface area contributed by atoms with Gasteiger partial charge in [-0.1, -0.05) is 11.6 Å². The van der Waals surface area contributed by atoms with Crippen molar-refractivity contribution in [3.05, 3.63) is 29.2 Å². The minimum atomic E-state index is 0.559. The Kier molecular flexibility index (Phi) is 2.58. The number of pyridine rings is 1. The molecule has 1 fully saturated rings. The number of piperidine rings is 1. The summed E-state index contributed by atoms with van der Waals surface area (Å²) in [5.41, 5.74) is 2.39. The molecule has 1 aliphatic rings. The maximum Gasteiger partial charge on any atom is 0.138 e. The molecule has 1 unspecified atom stereocenters. The van der Waals surface area contributed by atoms with Crippen LogP contribution in [-0.4, -0.2) is 23.1 Å². The third kappa shape index (κ3) is 1.60. The first kappa shape index (κ1) is 10.1. The number of rotatable bonds is 1. The number of hydrogen-bond donors (Lipinski definition) is 2. The van der Waals surface area contributed by atoms with Gasteiger partial charge in [0.05, 0.1) is 5.52 Å². The standard InChI is InChI=1S/C12H14ClN3/c13-12-11-9(8-2-1-4-14-6-8)7-16-10(11)3-5-15-12/h3,5,7-8,14,16H,1-2,4,6H2. The quantitative estimate of drug-likeness (QED) is 0.747. The minimum Gasteiger partial charge on any atom is -0.361 e. The number of halogens is 1. The molecule has 3 heterocycles. The molecule has 2 N–H and O–H groups in total. The molecule has 84 valence electrons. The molecule has 0 amide bonds. The van der Waals surface area contributed by atoms with Crippen LogP contribution in [0.2, 0.25) is 5.15 Å². The monoisotopic (exact) mass is 235 g/mol. The highest BCUT2D eigenvalue weighted by molar-refractivity contribution is 6.34. The Bertz CT molecular complexity index is 500. The summed E-state index contributed by atoms with van der Waals surface area (Å²) in [5, 5.41) is 5.14. The van der Waals surface area contributed by atoms with E-state index in [0.29, 0.717) is 11.1 Å². The predicted octanol–water partition coefficient (Wildman–Crippen LogP) is 2.68. The average Bonchev–Trinajstić information content (AvgIpc) is 2.75. The van der Waals surface area contributed by atoms with Gasteiger partial charge in [-0.05, 0) is 36.9 Å². The molecule has 2 aromatic heterocycles. The van der Waals surface area contributed by atoms with E-state index >= 15 is 0 Å². The number of aromatic nitrogens is 2. The Balaban J connectivity index is 2.09. The van der Waals surface area contributed by atoms with Gasteiger partial charge in [-0.15, -0.1) is 0 Å². The molecule has 3 nitrogen and oxygen atoms in total. The van der Waals surface area contributed by atoms with Crippen molar-refractivity contribution in [1.82, 2.24) is 15.3 Å². The van der Waals surface area contributed by atoms with Gasteiger partial charge in [0.15, 0.2) is 0 Å². The van der Waals surface area contributed by atoms with Crippen LogP contribution in [0.5, 0.6) is 0 Å². The topological polar surface area (TPSA) is 40.7 Å². The number of H-pyrrole nitrogens is 1. The number of fused-ring (bicyclic) bond motifs is 1. The van der Waals surface area contributed by atoms with E-state index in [9.17, 15) is 0 Å². The maximum absolute atomic E-state index is 6.17. The van der Waals surface area contributed by atoms with Gasteiger partial charge < -0.3 is 10.3 Å². The van der Waals surface area contributed by atoms with E-state index in [1.807, 2.05) is 6.07 Å². The molecule has 0 radical (unpaired) electrons. The fourth-order valence-electron chi connectivity index (χ4n) is 2.50. The molecule has 4 heteroatoms. The lowest BCUT2D eigenvalue weighted by molar-refractivity contribution is 0.463. The molecule has 2 aromatic rings. The molecular formula is C12H14ClN3. The van der Waals surface area contributed by atoms with Gasteiger partial charge in [-0.3, -0.25) is 0 Å². The fourth-order valence-corrected chi connectivity index (χ4v) is 2.77. The zero-order chi connectivity index (χ0) is 11.0. The Labute approximate surface area is 99.2 Å². The largest absolute Gasteiger partial charge is 0.361 e. The minimum absolute atomic E-state index is 0.559. The lowest BCUT2D eigenvalue weighted by atomic mass is 9.92. The zero-order valence-electron chi connectivity index (χ0n) is 8.96. The highest BCUT2D eigenvalue weighted by Gasteiger charge is 2.19. The molecule has 1 aliphatic heterocycles. The van der Waals surface area contributed by atoms with Crippen molar-refractivity contribution >= 4 is 22.5 Å². The maximum atomic E-state index is 6.17. The van der Waals surface area contributed by atoms with Crippen molar-refractivity contribution in [2.75, 3.05) is 13.1 Å². The van der Waals surface area contributed by atoms with Crippen molar-refractivity contribution in [2.24, 2.45) is 0 Å². The highest BCUT2D eigenvalue weighted by Crippen LogP contribution is 2.32. The first-order valence-electron chi connectivity index (χ1n) is 5.68. The predicted molar refractivity (Wildman–Crippen MR) is 65.9 cm³/mol. The van der Waals surface area contributed by atoms with Crippen LogP contribution in [0.3, 0.4) is 0 Å². The Hall–Kier alpha value is -1.06. The van der Waals surface area contributed by atoms with Crippen molar-refractivity contribution in [1.29, 1.82) is 0 Å². The van der Waals surface area contributed by atoms with E-state index in [0.717, 1.165) is 24.0 Å². The lowest BCUT2D eigenvalue weighted by Gasteiger charge is -2.22. The van der Waals surface area contributed by atoms with Gasteiger partial charge in [-0.25, -0.2) is 4.98 Å². The summed E-state index contributed by atoms with van der Waals surface area (Å²) in [6.45, 7) is 2.17. The third-order valence-corrected chi connectivity index (χ3v) is 3.60. The van der Waals surface area contributed by atoms with Crippen molar-refractivity contribution in [3.8, 4) is 0 Å². The van der Waals surface area contributed by atoms with Gasteiger partial charge in [-0.2, -0.15) is 0 Å². The van der Waals surface area contributed by atoms with Crippen LogP contribution >= 0.6 is 11.6 Å². The summed E-state index contributed by atoms with van der Waals surface area (Å²) in [6, 6.07) is 1.97. The number of nitrogens with zero attached hydrogens (tertiary/aromatic N) is 1. The third-order valence-electron chi connectivity index (χ3n) is 3.31. The summed E-state index contributed by atoms with van der Waals surface area (Å²) in [6.07, 6.45) is 6.28. The normalized spacial score (nSPS) is 21.4. The summed E-state index contributed by atoms with van der Waals surface area (Å²) in [5.74, 6) is 0.559. The van der Waals surface area contributed by atoms with E-state index in [1.54, 1.807) is 6.20 Å². The van der Waals surface area contributed by atoms with Crippen molar-refractivity contribution < 1.29 is 0 Å². The summed E-state index contributed by atoms with van der Waals surface area (Å²) in [7, 11) is 0. The molecule has 16 heavy (non-hydrogen) atoms. The Morgan fingerprint density at radius 3 is 3.19 bits per heavy atom. The lowest BCUT2D eigenvalue weighted by Crippen LogP contribution is -2.28. The van der Waals surface area contributed by atoms with Crippen LogP contribution < -0.4 is 5.32 Å². The van der Waals surface area contributed by atoms with Crippen LogP contribution in [0.25, 0.3) is 10.9 Å².